The fourth-order valence-electron chi connectivity index (χ4n) is 2.19. The Morgan fingerprint density at radius 2 is 2.14 bits per heavy atom. The number of rotatable bonds is 4. The molecular weight excluding hydrogens is 296 g/mol. The molecule has 1 unspecified atom stereocenters. The van der Waals surface area contributed by atoms with Crippen molar-refractivity contribution in [1.82, 2.24) is 10.6 Å². The Balaban J connectivity index is 2.01. The second kappa shape index (κ2) is 7.28. The molecule has 0 spiro atoms. The van der Waals surface area contributed by atoms with Gasteiger partial charge in [-0.15, -0.1) is 0 Å². The number of carbonyl (C=O) groups excluding carboxylic acids is 1. The zero-order chi connectivity index (χ0) is 15.2. The molecular formula is C14H17ClN2O4. The fourth-order valence-corrected chi connectivity index (χ4v) is 2.44. The van der Waals surface area contributed by atoms with Crippen LogP contribution >= 0.6 is 11.6 Å². The number of carboxylic acids is 1. The van der Waals surface area contributed by atoms with Crippen LogP contribution in [0, 0.1) is 0 Å². The molecule has 114 valence electrons. The van der Waals surface area contributed by atoms with Gasteiger partial charge in [0.15, 0.2) is 6.04 Å². The van der Waals surface area contributed by atoms with Crippen LogP contribution in [-0.2, 0) is 9.53 Å². The van der Waals surface area contributed by atoms with Crippen molar-refractivity contribution in [3.63, 3.8) is 0 Å². The van der Waals surface area contributed by atoms with Crippen molar-refractivity contribution in [2.45, 2.75) is 24.9 Å². The topological polar surface area (TPSA) is 87.7 Å². The van der Waals surface area contributed by atoms with Gasteiger partial charge in [-0.3, -0.25) is 0 Å². The van der Waals surface area contributed by atoms with Crippen LogP contribution in [0.4, 0.5) is 4.79 Å². The van der Waals surface area contributed by atoms with Crippen molar-refractivity contribution in [2.24, 2.45) is 0 Å². The van der Waals surface area contributed by atoms with Crippen molar-refractivity contribution in [1.29, 1.82) is 0 Å². The number of halogens is 1. The Morgan fingerprint density at radius 1 is 1.38 bits per heavy atom. The third kappa shape index (κ3) is 4.34. The smallest absolute Gasteiger partial charge is 0.331 e. The first kappa shape index (κ1) is 15.6. The van der Waals surface area contributed by atoms with Gasteiger partial charge >= 0.3 is 12.0 Å². The van der Waals surface area contributed by atoms with E-state index in [1.807, 2.05) is 0 Å². The van der Waals surface area contributed by atoms with Gasteiger partial charge in [-0.25, -0.2) is 9.59 Å². The van der Waals surface area contributed by atoms with E-state index in [1.54, 1.807) is 24.3 Å². The highest BCUT2D eigenvalue weighted by molar-refractivity contribution is 6.31. The molecule has 0 bridgehead atoms. The zero-order valence-corrected chi connectivity index (χ0v) is 12.1. The predicted octanol–water partition coefficient (Wildman–Crippen LogP) is 1.94. The first-order valence-electron chi connectivity index (χ1n) is 6.70. The first-order valence-corrected chi connectivity index (χ1v) is 7.07. The molecule has 2 atom stereocenters. The Morgan fingerprint density at radius 3 is 2.76 bits per heavy atom. The summed E-state index contributed by atoms with van der Waals surface area (Å²) in [7, 11) is 0. The van der Waals surface area contributed by atoms with Crippen LogP contribution in [0.25, 0.3) is 0 Å². The molecule has 6 nitrogen and oxygen atoms in total. The Hall–Kier alpha value is -1.79. The Kier molecular flexibility index (Phi) is 5.41. The summed E-state index contributed by atoms with van der Waals surface area (Å²) < 4.78 is 5.26. The lowest BCUT2D eigenvalue weighted by Gasteiger charge is -2.24. The molecule has 21 heavy (non-hydrogen) atoms. The monoisotopic (exact) mass is 312 g/mol. The van der Waals surface area contributed by atoms with Gasteiger partial charge in [0.1, 0.15) is 0 Å². The summed E-state index contributed by atoms with van der Waals surface area (Å²) in [5.41, 5.74) is 0.349. The molecule has 2 rings (SSSR count). The van der Waals surface area contributed by atoms with Crippen molar-refractivity contribution in [2.75, 3.05) is 13.2 Å². The number of ether oxygens (including phenoxy) is 1. The van der Waals surface area contributed by atoms with Crippen LogP contribution < -0.4 is 10.6 Å². The van der Waals surface area contributed by atoms with Gasteiger partial charge in [0.25, 0.3) is 0 Å². The number of hydrogen-bond donors (Lipinski definition) is 3. The van der Waals surface area contributed by atoms with E-state index in [0.717, 1.165) is 12.8 Å². The second-order valence-electron chi connectivity index (χ2n) is 4.82. The van der Waals surface area contributed by atoms with Crippen molar-refractivity contribution < 1.29 is 19.4 Å². The average Bonchev–Trinajstić information content (AvgIpc) is 2.46. The molecule has 1 saturated heterocycles. The van der Waals surface area contributed by atoms with Crippen LogP contribution in [0.2, 0.25) is 5.02 Å². The fraction of sp³-hybridized carbons (Fsp3) is 0.429. The summed E-state index contributed by atoms with van der Waals surface area (Å²) in [4.78, 5) is 23.3. The number of aliphatic carboxylic acids is 1. The number of carbonyl (C=O) groups is 2. The maximum atomic E-state index is 11.9. The van der Waals surface area contributed by atoms with E-state index in [2.05, 4.69) is 10.6 Å². The highest BCUT2D eigenvalue weighted by atomic mass is 35.5. The van der Waals surface area contributed by atoms with Gasteiger partial charge in [0.05, 0.1) is 12.6 Å². The molecule has 1 heterocycles. The molecule has 1 aliphatic heterocycles. The lowest BCUT2D eigenvalue weighted by Crippen LogP contribution is -2.48. The van der Waals surface area contributed by atoms with Crippen LogP contribution in [0.15, 0.2) is 24.3 Å². The molecule has 0 saturated carbocycles. The van der Waals surface area contributed by atoms with Crippen molar-refractivity contribution in [3.05, 3.63) is 34.9 Å². The number of carboxylic acid groups (broad SMARTS) is 1. The Bertz CT molecular complexity index is 517. The van der Waals surface area contributed by atoms with Gasteiger partial charge in [0.2, 0.25) is 0 Å². The second-order valence-corrected chi connectivity index (χ2v) is 5.23. The minimum absolute atomic E-state index is 0.0977. The number of amides is 2. The molecule has 7 heteroatoms. The maximum Gasteiger partial charge on any atom is 0.331 e. The van der Waals surface area contributed by atoms with E-state index in [-0.39, 0.29) is 6.04 Å². The first-order chi connectivity index (χ1) is 10.1. The molecule has 1 aliphatic rings. The largest absolute Gasteiger partial charge is 0.479 e. The molecule has 1 aromatic rings. The van der Waals surface area contributed by atoms with Crippen molar-refractivity contribution >= 4 is 23.6 Å². The summed E-state index contributed by atoms with van der Waals surface area (Å²) in [5, 5.41) is 14.7. The number of hydrogen-bond acceptors (Lipinski definition) is 3. The molecule has 3 N–H and O–H groups in total. The minimum Gasteiger partial charge on any atom is -0.479 e. The lowest BCUT2D eigenvalue weighted by atomic mass is 10.1. The lowest BCUT2D eigenvalue weighted by molar-refractivity contribution is -0.139. The summed E-state index contributed by atoms with van der Waals surface area (Å²) in [6.07, 6.45) is 1.69. The number of benzene rings is 1. The van der Waals surface area contributed by atoms with Crippen LogP contribution in [0.1, 0.15) is 24.4 Å². The third-order valence-corrected chi connectivity index (χ3v) is 3.58. The van der Waals surface area contributed by atoms with Gasteiger partial charge < -0.3 is 20.5 Å². The van der Waals surface area contributed by atoms with Gasteiger partial charge in [-0.05, 0) is 18.9 Å². The van der Waals surface area contributed by atoms with E-state index in [0.29, 0.717) is 23.8 Å². The van der Waals surface area contributed by atoms with E-state index < -0.39 is 18.0 Å². The van der Waals surface area contributed by atoms with Gasteiger partial charge in [-0.1, -0.05) is 29.8 Å². The third-order valence-electron chi connectivity index (χ3n) is 3.23. The van der Waals surface area contributed by atoms with E-state index in [4.69, 9.17) is 16.3 Å². The normalized spacial score (nSPS) is 19.6. The minimum atomic E-state index is -1.19. The number of urea groups is 1. The summed E-state index contributed by atoms with van der Waals surface area (Å²) in [6.45, 7) is 1.13. The molecule has 0 radical (unpaired) electrons. The van der Waals surface area contributed by atoms with Crippen molar-refractivity contribution in [3.8, 4) is 0 Å². The zero-order valence-electron chi connectivity index (χ0n) is 11.3. The van der Waals surface area contributed by atoms with Gasteiger partial charge in [0, 0.05) is 17.2 Å². The molecule has 0 aliphatic carbocycles. The van der Waals surface area contributed by atoms with Crippen LogP contribution in [0.3, 0.4) is 0 Å². The van der Waals surface area contributed by atoms with E-state index in [9.17, 15) is 14.7 Å². The van der Waals surface area contributed by atoms with E-state index in [1.165, 1.54) is 0 Å². The summed E-state index contributed by atoms with van der Waals surface area (Å²) in [6, 6.07) is 4.70. The van der Waals surface area contributed by atoms with Crippen LogP contribution in [-0.4, -0.2) is 36.4 Å². The standard InChI is InChI=1S/C14H17ClN2O4/c15-11-6-2-1-5-10(11)12(13(18)19)17-14(20)16-9-4-3-7-21-8-9/h1-2,5-6,9,12H,3-4,7-8H2,(H,18,19)(H2,16,17,20)/t9?,12-/m1/s1. The quantitative estimate of drug-likeness (QED) is 0.793. The number of nitrogens with one attached hydrogen (secondary N) is 2. The highest BCUT2D eigenvalue weighted by Gasteiger charge is 2.25. The molecule has 1 aromatic carbocycles. The average molecular weight is 313 g/mol. The maximum absolute atomic E-state index is 11.9. The summed E-state index contributed by atoms with van der Waals surface area (Å²) >= 11 is 5.98. The predicted molar refractivity (Wildman–Crippen MR) is 77.3 cm³/mol. The van der Waals surface area contributed by atoms with E-state index >= 15 is 0 Å². The Labute approximate surface area is 127 Å². The highest BCUT2D eigenvalue weighted by Crippen LogP contribution is 2.22. The summed E-state index contributed by atoms with van der Waals surface area (Å²) in [5.74, 6) is -1.17. The molecule has 0 aromatic heterocycles. The van der Waals surface area contributed by atoms with Gasteiger partial charge in [-0.2, -0.15) is 0 Å². The molecule has 1 fully saturated rings. The molecule has 2 amide bonds. The van der Waals surface area contributed by atoms with Crippen LogP contribution in [0.5, 0.6) is 0 Å². The SMILES string of the molecule is O=C(NC1CCCOC1)N[C@@H](C(=O)O)c1ccccc1Cl.